The molecule has 1 aliphatic heterocycles. The van der Waals surface area contributed by atoms with Gasteiger partial charge >= 0.3 is 0 Å². The van der Waals surface area contributed by atoms with Gasteiger partial charge in [0.2, 0.25) is 0 Å². The number of pyridine rings is 1. The van der Waals surface area contributed by atoms with Gasteiger partial charge in [-0.15, -0.1) is 0 Å². The van der Waals surface area contributed by atoms with E-state index in [1.807, 2.05) is 37.4 Å². The third-order valence-electron chi connectivity index (χ3n) is 4.18. The Balaban J connectivity index is 1.63. The molecule has 0 bridgehead atoms. The van der Waals surface area contributed by atoms with Crippen LogP contribution in [0, 0.1) is 6.92 Å². The Hall–Kier alpha value is -1.85. The molecule has 0 amide bonds. The number of aliphatic hydroxyl groups excluding tert-OH is 1. The van der Waals surface area contributed by atoms with Crippen LogP contribution < -0.4 is 0 Å². The summed E-state index contributed by atoms with van der Waals surface area (Å²) in [5.74, 6) is 1.24. The van der Waals surface area contributed by atoms with Crippen molar-refractivity contribution in [3.05, 3.63) is 53.9 Å². The molecule has 1 N–H and O–H groups in total. The summed E-state index contributed by atoms with van der Waals surface area (Å²) in [6, 6.07) is 7.66. The molecule has 0 aromatic carbocycles. The lowest BCUT2D eigenvalue weighted by molar-refractivity contribution is 0.0922. The highest BCUT2D eigenvalue weighted by Gasteiger charge is 2.24. The van der Waals surface area contributed by atoms with Crippen molar-refractivity contribution >= 4 is 0 Å². The monoisotopic (exact) mass is 298 g/mol. The first kappa shape index (κ1) is 15.1. The fraction of sp³-hybridized carbons (Fsp3) is 0.471. The van der Waals surface area contributed by atoms with E-state index in [1.54, 1.807) is 6.20 Å². The summed E-state index contributed by atoms with van der Waals surface area (Å²) >= 11 is 0. The van der Waals surface area contributed by atoms with E-state index in [0.29, 0.717) is 12.5 Å². The van der Waals surface area contributed by atoms with E-state index < -0.39 is 6.10 Å². The van der Waals surface area contributed by atoms with Gasteiger partial charge < -0.3 is 5.11 Å². The first-order chi connectivity index (χ1) is 10.7. The third kappa shape index (κ3) is 3.67. The minimum absolute atomic E-state index is 0.423. The lowest BCUT2D eigenvalue weighted by atomic mass is 9.94. The Bertz CT molecular complexity index is 605. The van der Waals surface area contributed by atoms with Crippen LogP contribution in [-0.2, 0) is 0 Å². The lowest BCUT2D eigenvalue weighted by Crippen LogP contribution is -2.37. The zero-order valence-corrected chi connectivity index (χ0v) is 12.9. The Morgan fingerprint density at radius 1 is 1.27 bits per heavy atom. The molecule has 1 aliphatic rings. The van der Waals surface area contributed by atoms with Crippen LogP contribution in [0.5, 0.6) is 0 Å². The Labute approximate surface area is 131 Å². The van der Waals surface area contributed by atoms with E-state index in [1.165, 1.54) is 0 Å². The molecule has 2 atom stereocenters. The average molecular weight is 298 g/mol. The maximum atomic E-state index is 10.3. The van der Waals surface area contributed by atoms with Crippen molar-refractivity contribution in [2.45, 2.75) is 31.8 Å². The predicted octanol–water partition coefficient (Wildman–Crippen LogP) is 2.09. The van der Waals surface area contributed by atoms with E-state index in [0.717, 1.165) is 43.1 Å². The van der Waals surface area contributed by atoms with Crippen molar-refractivity contribution in [2.24, 2.45) is 0 Å². The van der Waals surface area contributed by atoms with E-state index in [4.69, 9.17) is 0 Å². The van der Waals surface area contributed by atoms with Crippen LogP contribution in [0.2, 0.25) is 0 Å². The Kier molecular flexibility index (Phi) is 4.75. The van der Waals surface area contributed by atoms with Gasteiger partial charge in [0.1, 0.15) is 11.9 Å². The number of piperidine rings is 1. The maximum Gasteiger partial charge on any atom is 0.125 e. The molecule has 1 saturated heterocycles. The predicted molar refractivity (Wildman–Crippen MR) is 84.4 cm³/mol. The summed E-state index contributed by atoms with van der Waals surface area (Å²) in [5, 5.41) is 10.3. The zero-order chi connectivity index (χ0) is 15.4. The SMILES string of the molecule is Cc1nccc(C2CCCN(CC(O)c3ccccn3)C2)n1. The Morgan fingerprint density at radius 2 is 2.18 bits per heavy atom. The molecular weight excluding hydrogens is 276 g/mol. The van der Waals surface area contributed by atoms with Gasteiger partial charge in [0, 0.05) is 37.1 Å². The lowest BCUT2D eigenvalue weighted by Gasteiger charge is -2.33. The van der Waals surface area contributed by atoms with Crippen LogP contribution in [0.25, 0.3) is 0 Å². The molecule has 0 spiro atoms. The largest absolute Gasteiger partial charge is 0.385 e. The number of rotatable bonds is 4. The van der Waals surface area contributed by atoms with Crippen molar-refractivity contribution in [1.29, 1.82) is 0 Å². The second kappa shape index (κ2) is 6.94. The molecule has 2 aromatic rings. The molecule has 22 heavy (non-hydrogen) atoms. The standard InChI is InChI=1S/C17H22N4O/c1-13-18-9-7-15(20-13)14-5-4-10-21(11-14)12-17(22)16-6-2-3-8-19-16/h2-3,6-9,14,17,22H,4-5,10-12H2,1H3. The van der Waals surface area contributed by atoms with Crippen LogP contribution in [0.4, 0.5) is 0 Å². The van der Waals surface area contributed by atoms with Crippen LogP contribution in [0.1, 0.15) is 42.1 Å². The maximum absolute atomic E-state index is 10.3. The summed E-state index contributed by atoms with van der Waals surface area (Å²) in [6.07, 6.45) is 5.29. The van der Waals surface area contributed by atoms with E-state index in [9.17, 15) is 5.11 Å². The van der Waals surface area contributed by atoms with Gasteiger partial charge in [-0.05, 0) is 44.5 Å². The number of hydrogen-bond acceptors (Lipinski definition) is 5. The highest BCUT2D eigenvalue weighted by Crippen LogP contribution is 2.26. The van der Waals surface area contributed by atoms with Crippen molar-refractivity contribution < 1.29 is 5.11 Å². The highest BCUT2D eigenvalue weighted by atomic mass is 16.3. The molecule has 2 unspecified atom stereocenters. The third-order valence-corrected chi connectivity index (χ3v) is 4.18. The van der Waals surface area contributed by atoms with E-state index in [-0.39, 0.29) is 0 Å². The van der Waals surface area contributed by atoms with Gasteiger partial charge in [0.05, 0.1) is 5.69 Å². The quantitative estimate of drug-likeness (QED) is 0.936. The average Bonchev–Trinajstić information content (AvgIpc) is 2.56. The van der Waals surface area contributed by atoms with Gasteiger partial charge in [-0.1, -0.05) is 6.07 Å². The van der Waals surface area contributed by atoms with Crippen LogP contribution in [0.15, 0.2) is 36.7 Å². The number of aliphatic hydroxyl groups is 1. The molecule has 3 rings (SSSR count). The second-order valence-electron chi connectivity index (χ2n) is 5.90. The molecule has 0 aliphatic carbocycles. The van der Waals surface area contributed by atoms with Crippen LogP contribution >= 0.6 is 0 Å². The number of likely N-dealkylation sites (tertiary alicyclic amines) is 1. The molecule has 5 nitrogen and oxygen atoms in total. The molecule has 1 fully saturated rings. The molecule has 0 radical (unpaired) electrons. The number of aromatic nitrogens is 3. The summed E-state index contributed by atoms with van der Waals surface area (Å²) in [4.78, 5) is 15.3. The van der Waals surface area contributed by atoms with Gasteiger partial charge in [-0.25, -0.2) is 9.97 Å². The van der Waals surface area contributed by atoms with E-state index >= 15 is 0 Å². The highest BCUT2D eigenvalue weighted by molar-refractivity contribution is 5.11. The minimum atomic E-state index is -0.535. The molecule has 0 saturated carbocycles. The van der Waals surface area contributed by atoms with Crippen molar-refractivity contribution in [3.8, 4) is 0 Å². The molecular formula is C17H22N4O. The summed E-state index contributed by atoms with van der Waals surface area (Å²) in [5.41, 5.74) is 1.85. The zero-order valence-electron chi connectivity index (χ0n) is 12.9. The smallest absolute Gasteiger partial charge is 0.125 e. The number of nitrogens with zero attached hydrogens (tertiary/aromatic N) is 4. The molecule has 116 valence electrons. The van der Waals surface area contributed by atoms with Crippen LogP contribution in [0.3, 0.4) is 0 Å². The second-order valence-corrected chi connectivity index (χ2v) is 5.90. The number of hydrogen-bond donors (Lipinski definition) is 1. The van der Waals surface area contributed by atoms with Gasteiger partial charge in [-0.2, -0.15) is 0 Å². The number of β-amino-alcohol motifs (C(OH)–C–C–N with tert-alkyl or cyclic N) is 1. The van der Waals surface area contributed by atoms with Gasteiger partial charge in [0.25, 0.3) is 0 Å². The van der Waals surface area contributed by atoms with Gasteiger partial charge in [-0.3, -0.25) is 9.88 Å². The summed E-state index contributed by atoms with van der Waals surface area (Å²) in [6.45, 7) is 4.50. The normalized spacial score (nSPS) is 20.7. The molecule has 2 aromatic heterocycles. The topological polar surface area (TPSA) is 62.1 Å². The molecule has 3 heterocycles. The van der Waals surface area contributed by atoms with Gasteiger partial charge in [0.15, 0.2) is 0 Å². The van der Waals surface area contributed by atoms with Crippen molar-refractivity contribution in [1.82, 2.24) is 19.9 Å². The van der Waals surface area contributed by atoms with Crippen molar-refractivity contribution in [2.75, 3.05) is 19.6 Å². The first-order valence-electron chi connectivity index (χ1n) is 7.83. The molecule has 5 heteroatoms. The fourth-order valence-corrected chi connectivity index (χ4v) is 3.08. The summed E-state index contributed by atoms with van der Waals surface area (Å²) < 4.78 is 0. The fourth-order valence-electron chi connectivity index (χ4n) is 3.08. The van der Waals surface area contributed by atoms with Crippen molar-refractivity contribution in [3.63, 3.8) is 0 Å². The number of aryl methyl sites for hydroxylation is 1. The minimum Gasteiger partial charge on any atom is -0.385 e. The Morgan fingerprint density at radius 3 is 2.95 bits per heavy atom. The van der Waals surface area contributed by atoms with Crippen LogP contribution in [-0.4, -0.2) is 44.6 Å². The van der Waals surface area contributed by atoms with E-state index in [2.05, 4.69) is 19.9 Å². The summed E-state index contributed by atoms with van der Waals surface area (Å²) in [7, 11) is 0. The first-order valence-corrected chi connectivity index (χ1v) is 7.83.